The number of phenols is 1. The maximum absolute atomic E-state index is 12.1. The molecule has 2 aliphatic rings. The summed E-state index contributed by atoms with van der Waals surface area (Å²) in [6.45, 7) is 0.303. The first-order valence-electron chi connectivity index (χ1n) is 6.59. The minimum absolute atomic E-state index is 0.0609. The van der Waals surface area contributed by atoms with E-state index >= 15 is 0 Å². The molecule has 0 amide bonds. The molecule has 1 aliphatic heterocycles. The molecule has 1 aromatic rings. The maximum atomic E-state index is 12.1. The van der Waals surface area contributed by atoms with E-state index in [0.29, 0.717) is 24.4 Å². The number of benzene rings is 1. The van der Waals surface area contributed by atoms with Gasteiger partial charge in [0.25, 0.3) is 0 Å². The minimum atomic E-state index is -0.302. The normalized spacial score (nSPS) is 21.1. The molecule has 5 heteroatoms. The van der Waals surface area contributed by atoms with Crippen molar-refractivity contribution in [3.05, 3.63) is 47.2 Å². The fourth-order valence-electron chi connectivity index (χ4n) is 2.60. The van der Waals surface area contributed by atoms with E-state index in [1.54, 1.807) is 18.2 Å². The van der Waals surface area contributed by atoms with Crippen LogP contribution in [0.25, 0.3) is 0 Å². The molecule has 108 valence electrons. The van der Waals surface area contributed by atoms with Crippen molar-refractivity contribution in [1.29, 1.82) is 0 Å². The Bertz CT molecular complexity index is 684. The van der Waals surface area contributed by atoms with Crippen molar-refractivity contribution in [1.82, 2.24) is 0 Å². The van der Waals surface area contributed by atoms with E-state index < -0.39 is 0 Å². The van der Waals surface area contributed by atoms with Crippen LogP contribution in [0.3, 0.4) is 0 Å². The fourth-order valence-corrected chi connectivity index (χ4v) is 2.60. The second-order valence-electron chi connectivity index (χ2n) is 5.04. The average molecular weight is 286 g/mol. The number of aromatic hydroxyl groups is 1. The first-order valence-corrected chi connectivity index (χ1v) is 6.59. The molecular formula is C16H14O5. The van der Waals surface area contributed by atoms with E-state index in [9.17, 15) is 14.7 Å². The van der Waals surface area contributed by atoms with Crippen molar-refractivity contribution in [2.75, 3.05) is 13.7 Å². The molecule has 1 aliphatic carbocycles. The van der Waals surface area contributed by atoms with Crippen LogP contribution >= 0.6 is 0 Å². The van der Waals surface area contributed by atoms with Crippen molar-refractivity contribution in [2.24, 2.45) is 5.92 Å². The molecule has 0 fully saturated rings. The van der Waals surface area contributed by atoms with E-state index in [2.05, 4.69) is 0 Å². The summed E-state index contributed by atoms with van der Waals surface area (Å²) in [5.41, 5.74) is 1.35. The number of carbonyl (C=O) groups excluding carboxylic acids is 2. The maximum Gasteiger partial charge on any atom is 0.220 e. The molecule has 1 unspecified atom stereocenters. The SMILES string of the molecule is COC1=CC(=O)C(C2COc3cc(O)ccc3C2)=CC1=O. The number of ketones is 2. The van der Waals surface area contributed by atoms with Crippen LogP contribution in [0.4, 0.5) is 0 Å². The number of rotatable bonds is 2. The Morgan fingerprint density at radius 2 is 2.05 bits per heavy atom. The molecule has 1 heterocycles. The number of methoxy groups -OCH3 is 1. The summed E-state index contributed by atoms with van der Waals surface area (Å²) in [6, 6.07) is 4.90. The summed E-state index contributed by atoms with van der Waals surface area (Å²) >= 11 is 0. The largest absolute Gasteiger partial charge is 0.508 e. The summed E-state index contributed by atoms with van der Waals surface area (Å²) < 4.78 is 10.5. The molecule has 0 saturated carbocycles. The lowest BCUT2D eigenvalue weighted by atomic mass is 9.85. The monoisotopic (exact) mass is 286 g/mol. The smallest absolute Gasteiger partial charge is 0.220 e. The van der Waals surface area contributed by atoms with Crippen LogP contribution < -0.4 is 4.74 Å². The summed E-state index contributed by atoms with van der Waals surface area (Å²) in [7, 11) is 1.36. The van der Waals surface area contributed by atoms with Crippen LogP contribution in [0.5, 0.6) is 11.5 Å². The van der Waals surface area contributed by atoms with Crippen LogP contribution in [-0.2, 0) is 20.7 Å². The van der Waals surface area contributed by atoms with Crippen LogP contribution in [0.15, 0.2) is 41.7 Å². The molecule has 3 rings (SSSR count). The standard InChI is InChI=1S/C16H14O5/c1-20-16-7-13(18)12(6-14(16)19)10-4-9-2-3-11(17)5-15(9)21-8-10/h2-3,5-7,10,17H,4,8H2,1H3. The van der Waals surface area contributed by atoms with Crippen molar-refractivity contribution < 1.29 is 24.2 Å². The molecule has 1 N–H and O–H groups in total. The lowest BCUT2D eigenvalue weighted by Crippen LogP contribution is -2.28. The third kappa shape index (κ3) is 2.42. The average Bonchev–Trinajstić information content (AvgIpc) is 2.48. The van der Waals surface area contributed by atoms with E-state index in [0.717, 1.165) is 5.56 Å². The van der Waals surface area contributed by atoms with Gasteiger partial charge in [-0.2, -0.15) is 0 Å². The number of phenolic OH excluding ortho intramolecular Hbond substituents is 1. The Morgan fingerprint density at radius 1 is 1.24 bits per heavy atom. The Labute approximate surface area is 121 Å². The Kier molecular flexibility index (Phi) is 3.25. The van der Waals surface area contributed by atoms with Gasteiger partial charge in [-0.05, 0) is 24.1 Å². The number of hydrogen-bond acceptors (Lipinski definition) is 5. The molecule has 21 heavy (non-hydrogen) atoms. The van der Waals surface area contributed by atoms with Gasteiger partial charge in [-0.3, -0.25) is 9.59 Å². The molecule has 5 nitrogen and oxygen atoms in total. The van der Waals surface area contributed by atoms with Crippen molar-refractivity contribution in [3.8, 4) is 11.5 Å². The summed E-state index contributed by atoms with van der Waals surface area (Å²) in [4.78, 5) is 23.9. The lowest BCUT2D eigenvalue weighted by molar-refractivity contribution is -0.117. The Hall–Kier alpha value is -2.56. The van der Waals surface area contributed by atoms with Gasteiger partial charge in [-0.1, -0.05) is 6.07 Å². The van der Waals surface area contributed by atoms with Crippen molar-refractivity contribution >= 4 is 11.6 Å². The van der Waals surface area contributed by atoms with Gasteiger partial charge < -0.3 is 14.6 Å². The number of carbonyl (C=O) groups is 2. The van der Waals surface area contributed by atoms with Crippen LogP contribution in [0.2, 0.25) is 0 Å². The highest BCUT2D eigenvalue weighted by Crippen LogP contribution is 2.34. The summed E-state index contributed by atoms with van der Waals surface area (Å²) in [5.74, 6) is 0.127. The molecule has 0 aromatic heterocycles. The lowest BCUT2D eigenvalue weighted by Gasteiger charge is -2.27. The second kappa shape index (κ2) is 5.09. The Balaban J connectivity index is 1.85. The van der Waals surface area contributed by atoms with E-state index in [-0.39, 0.29) is 29.0 Å². The molecule has 0 saturated heterocycles. The van der Waals surface area contributed by atoms with Gasteiger partial charge in [0.15, 0.2) is 11.5 Å². The molecule has 0 spiro atoms. The number of fused-ring (bicyclic) bond motifs is 1. The van der Waals surface area contributed by atoms with Crippen molar-refractivity contribution in [2.45, 2.75) is 6.42 Å². The van der Waals surface area contributed by atoms with Crippen molar-refractivity contribution in [3.63, 3.8) is 0 Å². The van der Waals surface area contributed by atoms with Gasteiger partial charge in [-0.25, -0.2) is 0 Å². The highest BCUT2D eigenvalue weighted by molar-refractivity contribution is 6.19. The zero-order valence-corrected chi connectivity index (χ0v) is 11.5. The molecular weight excluding hydrogens is 272 g/mol. The molecule has 1 atom stereocenters. The quantitative estimate of drug-likeness (QED) is 0.835. The van der Waals surface area contributed by atoms with Gasteiger partial charge >= 0.3 is 0 Å². The predicted octanol–water partition coefficient (Wildman–Crippen LogP) is 1.55. The molecule has 0 radical (unpaired) electrons. The van der Waals surface area contributed by atoms with Gasteiger partial charge in [0.1, 0.15) is 11.5 Å². The zero-order valence-electron chi connectivity index (χ0n) is 11.5. The molecule has 0 bridgehead atoms. The van der Waals surface area contributed by atoms with Crippen LogP contribution in [0, 0.1) is 5.92 Å². The highest BCUT2D eigenvalue weighted by Gasteiger charge is 2.30. The van der Waals surface area contributed by atoms with Crippen LogP contribution in [0.1, 0.15) is 5.56 Å². The first kappa shape index (κ1) is 13.4. The van der Waals surface area contributed by atoms with E-state index in [4.69, 9.17) is 9.47 Å². The molecule has 1 aromatic carbocycles. The predicted molar refractivity (Wildman–Crippen MR) is 74.0 cm³/mol. The van der Waals surface area contributed by atoms with Crippen LogP contribution in [-0.4, -0.2) is 30.4 Å². The first-order chi connectivity index (χ1) is 10.1. The fraction of sp³-hybridized carbons (Fsp3) is 0.250. The number of allylic oxidation sites excluding steroid dienone is 2. The third-order valence-electron chi connectivity index (χ3n) is 3.69. The van der Waals surface area contributed by atoms with Gasteiger partial charge in [0, 0.05) is 23.6 Å². The van der Waals surface area contributed by atoms with E-state index in [1.165, 1.54) is 19.3 Å². The minimum Gasteiger partial charge on any atom is -0.508 e. The Morgan fingerprint density at radius 3 is 2.81 bits per heavy atom. The summed E-state index contributed by atoms with van der Waals surface area (Å²) in [6.07, 6.45) is 3.15. The zero-order chi connectivity index (χ0) is 15.0. The van der Waals surface area contributed by atoms with E-state index in [1.807, 2.05) is 0 Å². The van der Waals surface area contributed by atoms with Gasteiger partial charge in [-0.15, -0.1) is 0 Å². The summed E-state index contributed by atoms with van der Waals surface area (Å²) in [5, 5.41) is 9.42. The number of hydrogen-bond donors (Lipinski definition) is 1. The number of ether oxygens (including phenoxy) is 2. The second-order valence-corrected chi connectivity index (χ2v) is 5.04. The topological polar surface area (TPSA) is 72.8 Å². The van der Waals surface area contributed by atoms with Gasteiger partial charge in [0.2, 0.25) is 5.78 Å². The highest BCUT2D eigenvalue weighted by atomic mass is 16.5. The van der Waals surface area contributed by atoms with Gasteiger partial charge in [0.05, 0.1) is 13.7 Å². The third-order valence-corrected chi connectivity index (χ3v) is 3.69.